The second-order valence-electron chi connectivity index (χ2n) is 6.28. The molecule has 1 amide bonds. The molecule has 12 heteroatoms. The number of anilines is 2. The fourth-order valence-electron chi connectivity index (χ4n) is 2.54. The molecule has 0 aliphatic rings. The number of hydrogen-bond donors (Lipinski definition) is 1. The number of amides is 1. The van der Waals surface area contributed by atoms with Gasteiger partial charge in [0.2, 0.25) is 15.9 Å². The van der Waals surface area contributed by atoms with E-state index in [0.29, 0.717) is 10.4 Å². The summed E-state index contributed by atoms with van der Waals surface area (Å²) in [4.78, 5) is 24.3. The Morgan fingerprint density at radius 2 is 1.84 bits per heavy atom. The van der Waals surface area contributed by atoms with E-state index in [1.165, 1.54) is 18.2 Å². The number of carbonyl (C=O) groups excluding carboxylic acids is 2. The molecule has 0 aromatic heterocycles. The van der Waals surface area contributed by atoms with E-state index in [1.807, 2.05) is 0 Å². The number of alkyl halides is 3. The van der Waals surface area contributed by atoms with Gasteiger partial charge in [-0.1, -0.05) is 17.7 Å². The Morgan fingerprint density at radius 1 is 1.16 bits per heavy atom. The van der Waals surface area contributed by atoms with Gasteiger partial charge in [-0.2, -0.15) is 13.2 Å². The van der Waals surface area contributed by atoms with Gasteiger partial charge in [0.25, 0.3) is 0 Å². The standard InChI is InChI=1S/C19H18ClF3N2O5S/c1-3-30-18(27)15-10-13(7-8-16(15)20)24-17(26)11-25(31(2,28)29)14-6-4-5-12(9-14)19(21,22)23/h4-10H,3,11H2,1-2H3,(H,24,26). The summed E-state index contributed by atoms with van der Waals surface area (Å²) in [5.74, 6) is -1.56. The highest BCUT2D eigenvalue weighted by Gasteiger charge is 2.32. The number of hydrogen-bond acceptors (Lipinski definition) is 5. The number of benzene rings is 2. The Labute approximate surface area is 181 Å². The molecule has 0 heterocycles. The first-order valence-electron chi connectivity index (χ1n) is 8.74. The predicted octanol–water partition coefficient (Wildman–Crippen LogP) is 3.94. The van der Waals surface area contributed by atoms with Gasteiger partial charge >= 0.3 is 12.1 Å². The zero-order chi connectivity index (χ0) is 23.4. The summed E-state index contributed by atoms with van der Waals surface area (Å²) >= 11 is 5.95. The summed E-state index contributed by atoms with van der Waals surface area (Å²) in [6.07, 6.45) is -3.92. The van der Waals surface area contributed by atoms with Gasteiger partial charge in [-0.3, -0.25) is 9.10 Å². The summed E-state index contributed by atoms with van der Waals surface area (Å²) < 4.78 is 68.6. The average molecular weight is 479 g/mol. The molecule has 31 heavy (non-hydrogen) atoms. The van der Waals surface area contributed by atoms with Crippen LogP contribution in [0.2, 0.25) is 5.02 Å². The molecule has 0 bridgehead atoms. The molecule has 168 valence electrons. The molecule has 2 rings (SSSR count). The van der Waals surface area contributed by atoms with Gasteiger partial charge in [0.05, 0.1) is 34.7 Å². The minimum atomic E-state index is -4.69. The molecule has 1 N–H and O–H groups in total. The molecule has 0 aliphatic carbocycles. The Balaban J connectivity index is 2.27. The predicted molar refractivity (Wildman–Crippen MR) is 110 cm³/mol. The quantitative estimate of drug-likeness (QED) is 0.608. The molecule has 0 aliphatic heterocycles. The molecule has 0 radical (unpaired) electrons. The van der Waals surface area contributed by atoms with Crippen LogP contribution in [0.25, 0.3) is 0 Å². The van der Waals surface area contributed by atoms with Crippen molar-refractivity contribution >= 4 is 44.9 Å². The molecular weight excluding hydrogens is 461 g/mol. The minimum absolute atomic E-state index is 0.0147. The number of nitrogens with zero attached hydrogens (tertiary/aromatic N) is 1. The molecule has 2 aromatic rings. The number of esters is 1. The van der Waals surface area contributed by atoms with E-state index >= 15 is 0 Å². The van der Waals surface area contributed by atoms with Crippen LogP contribution >= 0.6 is 11.6 Å². The number of rotatable bonds is 7. The number of carbonyl (C=O) groups is 2. The highest BCUT2D eigenvalue weighted by atomic mass is 35.5. The maximum atomic E-state index is 13.0. The summed E-state index contributed by atoms with van der Waals surface area (Å²) in [6.45, 7) is 0.911. The van der Waals surface area contributed by atoms with Crippen LogP contribution < -0.4 is 9.62 Å². The fraction of sp³-hybridized carbons (Fsp3) is 0.263. The highest BCUT2D eigenvalue weighted by molar-refractivity contribution is 7.92. The summed E-state index contributed by atoms with van der Waals surface area (Å²) in [5.41, 5.74) is -1.28. The monoisotopic (exact) mass is 478 g/mol. The van der Waals surface area contributed by atoms with E-state index in [1.54, 1.807) is 6.92 Å². The van der Waals surface area contributed by atoms with Gasteiger partial charge in [0.15, 0.2) is 0 Å². The van der Waals surface area contributed by atoms with Crippen molar-refractivity contribution in [3.05, 3.63) is 58.6 Å². The first-order chi connectivity index (χ1) is 14.3. The molecule has 0 unspecified atom stereocenters. The van der Waals surface area contributed by atoms with Gasteiger partial charge in [-0.15, -0.1) is 0 Å². The number of nitrogens with one attached hydrogen (secondary N) is 1. The van der Waals surface area contributed by atoms with Crippen LogP contribution in [0.1, 0.15) is 22.8 Å². The zero-order valence-corrected chi connectivity index (χ0v) is 17.9. The van der Waals surface area contributed by atoms with Gasteiger partial charge < -0.3 is 10.1 Å². The SMILES string of the molecule is CCOC(=O)c1cc(NC(=O)CN(c2cccc(C(F)(F)F)c2)S(C)(=O)=O)ccc1Cl. The van der Waals surface area contributed by atoms with Crippen LogP contribution in [0.3, 0.4) is 0 Å². The van der Waals surface area contributed by atoms with Crippen LogP contribution in [0.4, 0.5) is 24.5 Å². The molecule has 0 spiro atoms. The van der Waals surface area contributed by atoms with Crippen molar-refractivity contribution in [1.82, 2.24) is 0 Å². The van der Waals surface area contributed by atoms with Crippen molar-refractivity contribution in [2.45, 2.75) is 13.1 Å². The van der Waals surface area contributed by atoms with Crippen molar-refractivity contribution in [3.8, 4) is 0 Å². The Kier molecular flexibility index (Phi) is 7.55. The van der Waals surface area contributed by atoms with Crippen molar-refractivity contribution in [2.75, 3.05) is 29.0 Å². The van der Waals surface area contributed by atoms with Gasteiger partial charge in [-0.05, 0) is 43.3 Å². The molecule has 0 saturated carbocycles. The average Bonchev–Trinajstić information content (AvgIpc) is 2.66. The summed E-state index contributed by atoms with van der Waals surface area (Å²) in [5, 5.41) is 2.47. The smallest absolute Gasteiger partial charge is 0.416 e. The van der Waals surface area contributed by atoms with Crippen LogP contribution in [0.15, 0.2) is 42.5 Å². The van der Waals surface area contributed by atoms with Crippen molar-refractivity contribution < 1.29 is 35.9 Å². The maximum Gasteiger partial charge on any atom is 0.416 e. The van der Waals surface area contributed by atoms with E-state index in [9.17, 15) is 31.2 Å². The first-order valence-corrected chi connectivity index (χ1v) is 11.0. The third kappa shape index (κ3) is 6.59. The largest absolute Gasteiger partial charge is 0.462 e. The molecule has 2 aromatic carbocycles. The van der Waals surface area contributed by atoms with Crippen molar-refractivity contribution in [1.29, 1.82) is 0 Å². The van der Waals surface area contributed by atoms with Gasteiger partial charge in [0, 0.05) is 5.69 Å². The first kappa shape index (κ1) is 24.5. The Morgan fingerprint density at radius 3 is 2.42 bits per heavy atom. The number of ether oxygens (including phenoxy) is 1. The topological polar surface area (TPSA) is 92.8 Å². The van der Waals surface area contributed by atoms with E-state index in [0.717, 1.165) is 24.5 Å². The minimum Gasteiger partial charge on any atom is -0.462 e. The second-order valence-corrected chi connectivity index (χ2v) is 8.60. The second kappa shape index (κ2) is 9.56. The van der Waals surface area contributed by atoms with Crippen molar-refractivity contribution in [3.63, 3.8) is 0 Å². The fourth-order valence-corrected chi connectivity index (χ4v) is 3.58. The number of sulfonamides is 1. The third-order valence-corrected chi connectivity index (χ3v) is 5.36. The molecule has 0 saturated heterocycles. The van der Waals surface area contributed by atoms with E-state index in [2.05, 4.69) is 5.32 Å². The van der Waals surface area contributed by atoms with E-state index < -0.39 is 40.2 Å². The molecular formula is C19H18ClF3N2O5S. The van der Waals surface area contributed by atoms with Crippen molar-refractivity contribution in [2.24, 2.45) is 0 Å². The van der Waals surface area contributed by atoms with Gasteiger partial charge in [0.1, 0.15) is 6.54 Å². The Hall–Kier alpha value is -2.79. The lowest BCUT2D eigenvalue weighted by Gasteiger charge is -2.23. The Bertz CT molecular complexity index is 1090. The molecule has 7 nitrogen and oxygen atoms in total. The van der Waals surface area contributed by atoms with Crippen LogP contribution in [0, 0.1) is 0 Å². The van der Waals surface area contributed by atoms with E-state index in [4.69, 9.17) is 16.3 Å². The molecule has 0 fully saturated rings. The number of halogens is 4. The molecule has 0 atom stereocenters. The van der Waals surface area contributed by atoms with Crippen LogP contribution in [0.5, 0.6) is 0 Å². The van der Waals surface area contributed by atoms with E-state index in [-0.39, 0.29) is 28.6 Å². The maximum absolute atomic E-state index is 13.0. The summed E-state index contributed by atoms with van der Waals surface area (Å²) in [7, 11) is -4.09. The normalized spacial score (nSPS) is 11.7. The summed E-state index contributed by atoms with van der Waals surface area (Å²) in [6, 6.07) is 7.56. The third-order valence-electron chi connectivity index (χ3n) is 3.89. The lowest BCUT2D eigenvalue weighted by molar-refractivity contribution is -0.137. The lowest BCUT2D eigenvalue weighted by Crippen LogP contribution is -2.37. The lowest BCUT2D eigenvalue weighted by atomic mass is 10.2. The van der Waals surface area contributed by atoms with Gasteiger partial charge in [-0.25, -0.2) is 13.2 Å². The van der Waals surface area contributed by atoms with Crippen LogP contribution in [-0.4, -0.2) is 39.7 Å². The zero-order valence-electron chi connectivity index (χ0n) is 16.4. The highest BCUT2D eigenvalue weighted by Crippen LogP contribution is 2.32. The van der Waals surface area contributed by atoms with Crippen LogP contribution in [-0.2, 0) is 25.7 Å².